The van der Waals surface area contributed by atoms with E-state index in [9.17, 15) is 0 Å². The molecular weight excluding hydrogens is 294 g/mol. The van der Waals surface area contributed by atoms with Crippen molar-refractivity contribution in [2.45, 2.75) is 13.0 Å². The topological polar surface area (TPSA) is 69.4 Å². The van der Waals surface area contributed by atoms with Crippen molar-refractivity contribution in [2.75, 3.05) is 32.2 Å². The van der Waals surface area contributed by atoms with Crippen LogP contribution in [0.3, 0.4) is 0 Å². The number of aromatic nitrogens is 2. The highest BCUT2D eigenvalue weighted by Gasteiger charge is 2.06. The van der Waals surface area contributed by atoms with Crippen molar-refractivity contribution >= 4 is 17.3 Å². The lowest BCUT2D eigenvalue weighted by Crippen LogP contribution is -2.06. The van der Waals surface area contributed by atoms with Crippen LogP contribution in [0.5, 0.6) is 0 Å². The predicted molar refractivity (Wildman–Crippen MR) is 79.5 cm³/mol. The smallest absolute Gasteiger partial charge is 0.245 e. The second kappa shape index (κ2) is 8.61. The zero-order valence-corrected chi connectivity index (χ0v) is 12.6. The minimum atomic E-state index is 0.456. The second-order valence-electron chi connectivity index (χ2n) is 4.32. The highest BCUT2D eigenvalue weighted by molar-refractivity contribution is 6.30. The summed E-state index contributed by atoms with van der Waals surface area (Å²) in [6.45, 7) is 2.15. The van der Waals surface area contributed by atoms with Crippen LogP contribution in [0, 0.1) is 0 Å². The van der Waals surface area contributed by atoms with Gasteiger partial charge in [0.15, 0.2) is 5.82 Å². The SMILES string of the molecule is COCCOCCc1noc(CNc2cccc(Cl)c2)n1. The molecule has 0 atom stereocenters. The molecule has 0 fully saturated rings. The molecule has 1 heterocycles. The van der Waals surface area contributed by atoms with Gasteiger partial charge in [-0.3, -0.25) is 0 Å². The van der Waals surface area contributed by atoms with Crippen molar-refractivity contribution in [1.82, 2.24) is 10.1 Å². The number of anilines is 1. The van der Waals surface area contributed by atoms with Crippen molar-refractivity contribution in [2.24, 2.45) is 0 Å². The summed E-state index contributed by atoms with van der Waals surface area (Å²) in [5.41, 5.74) is 0.908. The van der Waals surface area contributed by atoms with E-state index in [1.807, 2.05) is 24.3 Å². The Morgan fingerprint density at radius 2 is 2.19 bits per heavy atom. The van der Waals surface area contributed by atoms with Crippen LogP contribution in [0.2, 0.25) is 5.02 Å². The van der Waals surface area contributed by atoms with E-state index in [4.69, 9.17) is 25.6 Å². The fraction of sp³-hybridized carbons (Fsp3) is 0.429. The number of hydrogen-bond donors (Lipinski definition) is 1. The Bertz CT molecular complexity index is 548. The summed E-state index contributed by atoms with van der Waals surface area (Å²) >= 11 is 5.91. The molecule has 0 saturated carbocycles. The van der Waals surface area contributed by atoms with Crippen molar-refractivity contribution in [3.8, 4) is 0 Å². The molecule has 0 aliphatic rings. The normalized spacial score (nSPS) is 10.8. The molecule has 114 valence electrons. The van der Waals surface area contributed by atoms with Gasteiger partial charge in [0, 0.05) is 24.2 Å². The van der Waals surface area contributed by atoms with Crippen LogP contribution in [-0.2, 0) is 22.4 Å². The molecule has 0 radical (unpaired) electrons. The number of benzene rings is 1. The number of halogens is 1. The summed E-state index contributed by atoms with van der Waals surface area (Å²) < 4.78 is 15.4. The molecule has 0 unspecified atom stereocenters. The summed E-state index contributed by atoms with van der Waals surface area (Å²) in [5.74, 6) is 1.16. The highest BCUT2D eigenvalue weighted by Crippen LogP contribution is 2.15. The fourth-order valence-corrected chi connectivity index (χ4v) is 1.84. The standard InChI is InChI=1S/C14H18ClN3O3/c1-19-7-8-20-6-5-13-17-14(21-18-13)10-16-12-4-2-3-11(15)9-12/h2-4,9,16H,5-8,10H2,1H3. The molecule has 0 aliphatic heterocycles. The zero-order chi connectivity index (χ0) is 14.9. The fourth-order valence-electron chi connectivity index (χ4n) is 1.65. The molecule has 0 saturated heterocycles. The largest absolute Gasteiger partial charge is 0.382 e. The molecule has 0 bridgehead atoms. The van der Waals surface area contributed by atoms with Gasteiger partial charge in [0.05, 0.1) is 26.4 Å². The number of ether oxygens (including phenoxy) is 2. The quantitative estimate of drug-likeness (QED) is 0.718. The monoisotopic (exact) mass is 311 g/mol. The Morgan fingerprint density at radius 1 is 1.29 bits per heavy atom. The third-order valence-electron chi connectivity index (χ3n) is 2.68. The summed E-state index contributed by atoms with van der Waals surface area (Å²) in [6.07, 6.45) is 0.615. The van der Waals surface area contributed by atoms with E-state index in [0.717, 1.165) is 5.69 Å². The molecule has 7 heteroatoms. The molecule has 2 aromatic rings. The van der Waals surface area contributed by atoms with Gasteiger partial charge in [0.1, 0.15) is 0 Å². The number of nitrogens with zero attached hydrogens (tertiary/aromatic N) is 2. The first-order valence-corrected chi connectivity index (χ1v) is 7.03. The van der Waals surface area contributed by atoms with E-state index < -0.39 is 0 Å². The third kappa shape index (κ3) is 5.71. The molecular formula is C14H18ClN3O3. The van der Waals surface area contributed by atoms with Crippen molar-refractivity contribution in [3.05, 3.63) is 41.0 Å². The van der Waals surface area contributed by atoms with Gasteiger partial charge in [-0.05, 0) is 18.2 Å². The van der Waals surface area contributed by atoms with Gasteiger partial charge in [-0.1, -0.05) is 22.8 Å². The molecule has 0 aliphatic carbocycles. The lowest BCUT2D eigenvalue weighted by Gasteiger charge is -2.02. The maximum atomic E-state index is 5.91. The van der Waals surface area contributed by atoms with Gasteiger partial charge < -0.3 is 19.3 Å². The van der Waals surface area contributed by atoms with Crippen LogP contribution in [0.15, 0.2) is 28.8 Å². The van der Waals surface area contributed by atoms with Crippen LogP contribution in [0.1, 0.15) is 11.7 Å². The minimum absolute atomic E-state index is 0.456. The van der Waals surface area contributed by atoms with Gasteiger partial charge in [0.25, 0.3) is 0 Å². The number of nitrogens with one attached hydrogen (secondary N) is 1. The van der Waals surface area contributed by atoms with E-state index in [-0.39, 0.29) is 0 Å². The van der Waals surface area contributed by atoms with Gasteiger partial charge in [-0.15, -0.1) is 0 Å². The van der Waals surface area contributed by atoms with Crippen LogP contribution < -0.4 is 5.32 Å². The van der Waals surface area contributed by atoms with Crippen LogP contribution in [0.4, 0.5) is 5.69 Å². The Balaban J connectivity index is 1.72. The Morgan fingerprint density at radius 3 is 3.00 bits per heavy atom. The van der Waals surface area contributed by atoms with E-state index >= 15 is 0 Å². The molecule has 6 nitrogen and oxygen atoms in total. The predicted octanol–water partition coefficient (Wildman–Crippen LogP) is 2.54. The number of methoxy groups -OCH3 is 1. The van der Waals surface area contributed by atoms with Gasteiger partial charge in [-0.2, -0.15) is 4.98 Å². The van der Waals surface area contributed by atoms with Crippen LogP contribution in [-0.4, -0.2) is 37.1 Å². The molecule has 2 rings (SSSR count). The molecule has 1 aromatic heterocycles. The van der Waals surface area contributed by atoms with Crippen molar-refractivity contribution < 1.29 is 14.0 Å². The lowest BCUT2D eigenvalue weighted by atomic mass is 10.3. The van der Waals surface area contributed by atoms with Crippen LogP contribution in [0.25, 0.3) is 0 Å². The molecule has 0 amide bonds. The summed E-state index contributed by atoms with van der Waals surface area (Å²) in [4.78, 5) is 4.28. The second-order valence-corrected chi connectivity index (χ2v) is 4.76. The molecule has 21 heavy (non-hydrogen) atoms. The Labute approximate surface area is 128 Å². The maximum absolute atomic E-state index is 5.91. The summed E-state index contributed by atoms with van der Waals surface area (Å²) in [6, 6.07) is 7.46. The van der Waals surface area contributed by atoms with E-state index in [1.165, 1.54) is 0 Å². The van der Waals surface area contributed by atoms with Crippen molar-refractivity contribution in [3.63, 3.8) is 0 Å². The van der Waals surface area contributed by atoms with E-state index in [2.05, 4.69) is 15.5 Å². The van der Waals surface area contributed by atoms with Gasteiger partial charge in [-0.25, -0.2) is 0 Å². The minimum Gasteiger partial charge on any atom is -0.382 e. The average Bonchev–Trinajstić information content (AvgIpc) is 2.93. The lowest BCUT2D eigenvalue weighted by molar-refractivity contribution is 0.0714. The average molecular weight is 312 g/mol. The molecule has 0 spiro atoms. The Hall–Kier alpha value is -1.63. The summed E-state index contributed by atoms with van der Waals surface area (Å²) in [7, 11) is 1.64. The number of rotatable bonds is 9. The van der Waals surface area contributed by atoms with E-state index in [1.54, 1.807) is 7.11 Å². The molecule has 1 aromatic carbocycles. The van der Waals surface area contributed by atoms with Gasteiger partial charge >= 0.3 is 0 Å². The zero-order valence-electron chi connectivity index (χ0n) is 11.8. The first kappa shape index (κ1) is 15.8. The number of hydrogen-bond acceptors (Lipinski definition) is 6. The third-order valence-corrected chi connectivity index (χ3v) is 2.92. The van der Waals surface area contributed by atoms with Crippen LogP contribution >= 0.6 is 11.6 Å². The van der Waals surface area contributed by atoms with E-state index in [0.29, 0.717) is 49.5 Å². The van der Waals surface area contributed by atoms with Crippen molar-refractivity contribution in [1.29, 1.82) is 0 Å². The Kier molecular flexibility index (Phi) is 6.46. The molecule has 1 N–H and O–H groups in total. The first-order chi connectivity index (χ1) is 10.3. The maximum Gasteiger partial charge on any atom is 0.245 e. The highest BCUT2D eigenvalue weighted by atomic mass is 35.5. The van der Waals surface area contributed by atoms with Gasteiger partial charge in [0.2, 0.25) is 5.89 Å². The summed E-state index contributed by atoms with van der Waals surface area (Å²) in [5, 5.41) is 7.75. The first-order valence-electron chi connectivity index (χ1n) is 6.65.